The number of nitrogens with zero attached hydrogens (tertiary/aromatic N) is 1. The number of amides is 1. The number of benzene rings is 2. The predicted octanol–water partition coefficient (Wildman–Crippen LogP) is 3.82. The molecule has 1 aromatic heterocycles. The number of anilines is 1. The van der Waals surface area contributed by atoms with Crippen LogP contribution in [-0.4, -0.2) is 24.0 Å². The molecule has 1 N–H and O–H groups in total. The van der Waals surface area contributed by atoms with Crippen molar-refractivity contribution in [2.24, 2.45) is 0 Å². The molecule has 3 rings (SSSR count). The van der Waals surface area contributed by atoms with Crippen LogP contribution in [0.15, 0.2) is 48.5 Å². The third-order valence-corrected chi connectivity index (χ3v) is 4.43. The molecule has 0 aliphatic carbocycles. The molecular weight excluding hydrogens is 328 g/mol. The van der Waals surface area contributed by atoms with Crippen LogP contribution in [0.1, 0.15) is 27.2 Å². The van der Waals surface area contributed by atoms with Gasteiger partial charge in [-0.25, -0.2) is 4.79 Å². The third-order valence-electron chi connectivity index (χ3n) is 4.43. The Hall–Kier alpha value is -3.21. The third kappa shape index (κ3) is 3.42. The van der Waals surface area contributed by atoms with E-state index in [1.54, 1.807) is 24.3 Å². The number of carbonyl (C=O) groups excluding carboxylic acids is 2. The maximum absolute atomic E-state index is 12.6. The van der Waals surface area contributed by atoms with Crippen LogP contribution in [0.3, 0.4) is 0 Å². The van der Waals surface area contributed by atoms with Crippen molar-refractivity contribution in [3.05, 3.63) is 70.9 Å². The van der Waals surface area contributed by atoms with Gasteiger partial charge in [-0.2, -0.15) is 0 Å². The fourth-order valence-corrected chi connectivity index (χ4v) is 3.07. The molecule has 26 heavy (non-hydrogen) atoms. The highest BCUT2D eigenvalue weighted by Crippen LogP contribution is 2.23. The quantitative estimate of drug-likeness (QED) is 0.728. The number of aromatic nitrogens is 1. The molecule has 0 unspecified atom stereocenters. The first kappa shape index (κ1) is 17.6. The SMILES string of the molecule is COC(=O)c1ccccc1NC(=O)Cc1c(C)nc2ccccc2c1C. The number of ether oxygens (including phenoxy) is 1. The fraction of sp³-hybridized carbons (Fsp3) is 0.190. The molecule has 0 aliphatic heterocycles. The van der Waals surface area contributed by atoms with Crippen molar-refractivity contribution in [2.45, 2.75) is 20.3 Å². The van der Waals surface area contributed by atoms with E-state index < -0.39 is 5.97 Å². The number of rotatable bonds is 4. The van der Waals surface area contributed by atoms with E-state index in [1.165, 1.54) is 7.11 Å². The number of hydrogen-bond acceptors (Lipinski definition) is 4. The predicted molar refractivity (Wildman–Crippen MR) is 101 cm³/mol. The Labute approximate surface area is 152 Å². The second kappa shape index (κ2) is 7.35. The molecule has 0 atom stereocenters. The summed E-state index contributed by atoms with van der Waals surface area (Å²) in [5.41, 5.74) is 4.46. The highest BCUT2D eigenvalue weighted by atomic mass is 16.5. The second-order valence-corrected chi connectivity index (χ2v) is 6.08. The van der Waals surface area contributed by atoms with Crippen molar-refractivity contribution in [1.29, 1.82) is 0 Å². The largest absolute Gasteiger partial charge is 0.465 e. The Morgan fingerprint density at radius 3 is 2.50 bits per heavy atom. The molecule has 0 fully saturated rings. The molecule has 0 radical (unpaired) electrons. The zero-order valence-electron chi connectivity index (χ0n) is 15.0. The lowest BCUT2D eigenvalue weighted by atomic mass is 9.99. The minimum absolute atomic E-state index is 0.186. The fourth-order valence-electron chi connectivity index (χ4n) is 3.07. The summed E-state index contributed by atoms with van der Waals surface area (Å²) in [6.07, 6.45) is 0.186. The number of fused-ring (bicyclic) bond motifs is 1. The average molecular weight is 348 g/mol. The number of nitrogens with one attached hydrogen (secondary N) is 1. The second-order valence-electron chi connectivity index (χ2n) is 6.08. The van der Waals surface area contributed by atoms with Gasteiger partial charge in [0.25, 0.3) is 0 Å². The molecule has 0 bridgehead atoms. The monoisotopic (exact) mass is 348 g/mol. The molecular formula is C21H20N2O3. The average Bonchev–Trinajstić information content (AvgIpc) is 2.65. The van der Waals surface area contributed by atoms with Crippen LogP contribution in [0, 0.1) is 13.8 Å². The smallest absolute Gasteiger partial charge is 0.339 e. The van der Waals surface area contributed by atoms with Crippen molar-refractivity contribution in [3.63, 3.8) is 0 Å². The van der Waals surface area contributed by atoms with E-state index in [0.717, 1.165) is 27.7 Å². The number of para-hydroxylation sites is 2. The molecule has 5 nitrogen and oxygen atoms in total. The van der Waals surface area contributed by atoms with Gasteiger partial charge in [-0.1, -0.05) is 30.3 Å². The summed E-state index contributed by atoms with van der Waals surface area (Å²) in [5.74, 6) is -0.690. The maximum atomic E-state index is 12.6. The minimum atomic E-state index is -0.486. The van der Waals surface area contributed by atoms with Gasteiger partial charge < -0.3 is 10.1 Å². The van der Waals surface area contributed by atoms with Gasteiger partial charge in [-0.05, 0) is 43.2 Å². The molecule has 0 saturated heterocycles. The Balaban J connectivity index is 1.88. The summed E-state index contributed by atoms with van der Waals surface area (Å²) in [7, 11) is 1.31. The van der Waals surface area contributed by atoms with E-state index in [-0.39, 0.29) is 12.3 Å². The Morgan fingerprint density at radius 1 is 1.04 bits per heavy atom. The highest BCUT2D eigenvalue weighted by molar-refractivity contribution is 6.02. The van der Waals surface area contributed by atoms with Crippen molar-refractivity contribution in [2.75, 3.05) is 12.4 Å². The van der Waals surface area contributed by atoms with Crippen molar-refractivity contribution >= 4 is 28.5 Å². The molecule has 5 heteroatoms. The molecule has 1 amide bonds. The summed E-state index contributed by atoms with van der Waals surface area (Å²) >= 11 is 0. The number of carbonyl (C=O) groups is 2. The number of aryl methyl sites for hydroxylation is 2. The lowest BCUT2D eigenvalue weighted by Gasteiger charge is -2.13. The number of pyridine rings is 1. The summed E-state index contributed by atoms with van der Waals surface area (Å²) < 4.78 is 4.76. The van der Waals surface area contributed by atoms with Gasteiger partial charge in [-0.3, -0.25) is 9.78 Å². The first-order chi connectivity index (χ1) is 12.5. The molecule has 0 saturated carbocycles. The van der Waals surface area contributed by atoms with Gasteiger partial charge in [0.1, 0.15) is 0 Å². The topological polar surface area (TPSA) is 68.3 Å². The standard InChI is InChI=1S/C21H20N2O3/c1-13-15-8-4-6-10-18(15)22-14(2)17(13)12-20(24)23-19-11-7-5-9-16(19)21(25)26-3/h4-11H,12H2,1-3H3,(H,23,24). The van der Waals surface area contributed by atoms with Gasteiger partial charge in [0.05, 0.1) is 30.3 Å². The lowest BCUT2D eigenvalue weighted by molar-refractivity contribution is -0.115. The van der Waals surface area contributed by atoms with E-state index in [2.05, 4.69) is 10.3 Å². The molecule has 132 valence electrons. The lowest BCUT2D eigenvalue weighted by Crippen LogP contribution is -2.18. The minimum Gasteiger partial charge on any atom is -0.465 e. The van der Waals surface area contributed by atoms with E-state index in [4.69, 9.17) is 4.74 Å². The highest BCUT2D eigenvalue weighted by Gasteiger charge is 2.16. The van der Waals surface area contributed by atoms with Crippen molar-refractivity contribution in [3.8, 4) is 0 Å². The van der Waals surface area contributed by atoms with Gasteiger partial charge in [0.15, 0.2) is 0 Å². The molecule has 0 spiro atoms. The molecule has 1 heterocycles. The number of hydrogen-bond donors (Lipinski definition) is 1. The van der Waals surface area contributed by atoms with Crippen molar-refractivity contribution < 1.29 is 14.3 Å². The van der Waals surface area contributed by atoms with Crippen LogP contribution in [0.4, 0.5) is 5.69 Å². The summed E-state index contributed by atoms with van der Waals surface area (Å²) in [6, 6.07) is 14.7. The van der Waals surface area contributed by atoms with E-state index >= 15 is 0 Å². The number of esters is 1. The normalized spacial score (nSPS) is 10.6. The molecule has 2 aromatic carbocycles. The molecule has 0 aliphatic rings. The zero-order chi connectivity index (χ0) is 18.7. The van der Waals surface area contributed by atoms with Gasteiger partial charge in [0, 0.05) is 11.1 Å². The zero-order valence-corrected chi connectivity index (χ0v) is 15.0. The Bertz CT molecular complexity index is 996. The number of methoxy groups -OCH3 is 1. The van der Waals surface area contributed by atoms with E-state index in [9.17, 15) is 9.59 Å². The molecule has 3 aromatic rings. The first-order valence-electron chi connectivity index (χ1n) is 8.33. The van der Waals surface area contributed by atoms with Crippen LogP contribution < -0.4 is 5.32 Å². The first-order valence-corrected chi connectivity index (χ1v) is 8.33. The Kier molecular flexibility index (Phi) is 4.98. The van der Waals surface area contributed by atoms with Crippen molar-refractivity contribution in [1.82, 2.24) is 4.98 Å². The summed E-state index contributed by atoms with van der Waals surface area (Å²) in [5, 5.41) is 3.85. The maximum Gasteiger partial charge on any atom is 0.339 e. The van der Waals surface area contributed by atoms with Crippen LogP contribution in [0.5, 0.6) is 0 Å². The van der Waals surface area contributed by atoms with Crippen LogP contribution in [0.25, 0.3) is 10.9 Å². The van der Waals surface area contributed by atoms with Gasteiger partial charge in [0.2, 0.25) is 5.91 Å². The van der Waals surface area contributed by atoms with Gasteiger partial charge in [-0.15, -0.1) is 0 Å². The van der Waals surface area contributed by atoms with Crippen LogP contribution in [0.2, 0.25) is 0 Å². The van der Waals surface area contributed by atoms with E-state index in [1.807, 2.05) is 38.1 Å². The Morgan fingerprint density at radius 2 is 1.73 bits per heavy atom. The summed E-state index contributed by atoms with van der Waals surface area (Å²) in [6.45, 7) is 3.91. The van der Waals surface area contributed by atoms with E-state index in [0.29, 0.717) is 11.3 Å². The summed E-state index contributed by atoms with van der Waals surface area (Å²) in [4.78, 5) is 29.0. The van der Waals surface area contributed by atoms with Gasteiger partial charge >= 0.3 is 5.97 Å². The van der Waals surface area contributed by atoms with Crippen LogP contribution in [-0.2, 0) is 16.0 Å². The van der Waals surface area contributed by atoms with Crippen LogP contribution >= 0.6 is 0 Å².